The van der Waals surface area contributed by atoms with E-state index in [4.69, 9.17) is 11.6 Å². The average Bonchev–Trinajstić information content (AvgIpc) is 2.66. The van der Waals surface area contributed by atoms with Crippen molar-refractivity contribution in [1.82, 2.24) is 10.2 Å². The van der Waals surface area contributed by atoms with E-state index in [2.05, 4.69) is 10.2 Å². The SMILES string of the molecule is CC(NCC(=O)N1CCN(c2ccc(F)cc2)CC1)c1cccc(Cl)c1. The van der Waals surface area contributed by atoms with E-state index in [1.165, 1.54) is 12.1 Å². The summed E-state index contributed by atoms with van der Waals surface area (Å²) in [6, 6.07) is 14.2. The minimum Gasteiger partial charge on any atom is -0.368 e. The fourth-order valence-electron chi connectivity index (χ4n) is 3.11. The zero-order valence-corrected chi connectivity index (χ0v) is 15.5. The van der Waals surface area contributed by atoms with E-state index in [0.717, 1.165) is 24.3 Å². The largest absolute Gasteiger partial charge is 0.368 e. The summed E-state index contributed by atoms with van der Waals surface area (Å²) in [4.78, 5) is 16.5. The minimum absolute atomic E-state index is 0.0538. The number of piperazine rings is 1. The second-order valence-electron chi connectivity index (χ2n) is 6.50. The third kappa shape index (κ3) is 4.74. The third-order valence-electron chi connectivity index (χ3n) is 4.73. The first-order valence-corrected chi connectivity index (χ1v) is 9.18. The summed E-state index contributed by atoms with van der Waals surface area (Å²) in [6.07, 6.45) is 0. The van der Waals surface area contributed by atoms with Gasteiger partial charge in [-0.1, -0.05) is 23.7 Å². The number of nitrogens with one attached hydrogen (secondary N) is 1. The smallest absolute Gasteiger partial charge is 0.236 e. The number of carbonyl (C=O) groups excluding carboxylic acids is 1. The molecule has 6 heteroatoms. The molecular weight excluding hydrogens is 353 g/mol. The maximum atomic E-state index is 13.0. The van der Waals surface area contributed by atoms with Crippen LogP contribution in [0.15, 0.2) is 48.5 Å². The van der Waals surface area contributed by atoms with Gasteiger partial charge in [-0.3, -0.25) is 4.79 Å². The van der Waals surface area contributed by atoms with Gasteiger partial charge in [-0.2, -0.15) is 0 Å². The molecule has 1 atom stereocenters. The number of benzene rings is 2. The van der Waals surface area contributed by atoms with Gasteiger partial charge in [0.25, 0.3) is 0 Å². The van der Waals surface area contributed by atoms with Crippen LogP contribution in [0.1, 0.15) is 18.5 Å². The fraction of sp³-hybridized carbons (Fsp3) is 0.350. The van der Waals surface area contributed by atoms with Crippen LogP contribution in [0.2, 0.25) is 5.02 Å². The zero-order valence-electron chi connectivity index (χ0n) is 14.8. The Hall–Kier alpha value is -2.11. The average molecular weight is 376 g/mol. The molecule has 3 rings (SSSR count). The summed E-state index contributed by atoms with van der Waals surface area (Å²) >= 11 is 6.02. The van der Waals surface area contributed by atoms with Crippen molar-refractivity contribution in [2.45, 2.75) is 13.0 Å². The van der Waals surface area contributed by atoms with Crippen LogP contribution in [0.25, 0.3) is 0 Å². The molecule has 1 N–H and O–H groups in total. The summed E-state index contributed by atoms with van der Waals surface area (Å²) in [5.74, 6) is -0.139. The highest BCUT2D eigenvalue weighted by Gasteiger charge is 2.21. The second kappa shape index (κ2) is 8.52. The number of anilines is 1. The Morgan fingerprint density at radius 3 is 2.50 bits per heavy atom. The summed E-state index contributed by atoms with van der Waals surface area (Å²) < 4.78 is 13.0. The highest BCUT2D eigenvalue weighted by Crippen LogP contribution is 2.18. The number of rotatable bonds is 5. The lowest BCUT2D eigenvalue weighted by Gasteiger charge is -2.36. The van der Waals surface area contributed by atoms with Crippen LogP contribution in [-0.2, 0) is 4.79 Å². The highest BCUT2D eigenvalue weighted by atomic mass is 35.5. The normalized spacial score (nSPS) is 15.8. The van der Waals surface area contributed by atoms with Crippen molar-refractivity contribution in [3.05, 3.63) is 64.9 Å². The van der Waals surface area contributed by atoms with Crippen LogP contribution in [0.3, 0.4) is 0 Å². The van der Waals surface area contributed by atoms with Gasteiger partial charge in [-0.15, -0.1) is 0 Å². The molecule has 138 valence electrons. The van der Waals surface area contributed by atoms with Crippen molar-refractivity contribution < 1.29 is 9.18 Å². The van der Waals surface area contributed by atoms with Gasteiger partial charge in [0.2, 0.25) is 5.91 Å². The Balaban J connectivity index is 1.47. The van der Waals surface area contributed by atoms with E-state index < -0.39 is 0 Å². The van der Waals surface area contributed by atoms with Gasteiger partial charge in [0.15, 0.2) is 0 Å². The van der Waals surface area contributed by atoms with Gasteiger partial charge in [0.05, 0.1) is 6.54 Å². The molecule has 4 nitrogen and oxygen atoms in total. The molecule has 0 aromatic heterocycles. The van der Waals surface area contributed by atoms with E-state index in [9.17, 15) is 9.18 Å². The second-order valence-corrected chi connectivity index (χ2v) is 6.94. The molecule has 0 radical (unpaired) electrons. The standard InChI is InChI=1S/C20H23ClFN3O/c1-15(16-3-2-4-17(21)13-16)23-14-20(26)25-11-9-24(10-12-25)19-7-5-18(22)6-8-19/h2-8,13,15,23H,9-12,14H2,1H3. The van der Waals surface area contributed by atoms with Gasteiger partial charge in [0.1, 0.15) is 5.82 Å². The molecule has 2 aromatic carbocycles. The highest BCUT2D eigenvalue weighted by molar-refractivity contribution is 6.30. The summed E-state index contributed by atoms with van der Waals surface area (Å²) in [5, 5.41) is 3.96. The number of nitrogens with zero attached hydrogens (tertiary/aromatic N) is 2. The molecule has 1 heterocycles. The lowest BCUT2D eigenvalue weighted by Crippen LogP contribution is -2.51. The van der Waals surface area contributed by atoms with Crippen molar-refractivity contribution in [3.8, 4) is 0 Å². The first-order valence-electron chi connectivity index (χ1n) is 8.80. The lowest BCUT2D eigenvalue weighted by molar-refractivity contribution is -0.130. The molecule has 1 aliphatic rings. The molecule has 2 aromatic rings. The zero-order chi connectivity index (χ0) is 18.5. The molecule has 0 spiro atoms. The van der Waals surface area contributed by atoms with Crippen molar-refractivity contribution >= 4 is 23.2 Å². The number of halogens is 2. The quantitative estimate of drug-likeness (QED) is 0.869. The fourth-order valence-corrected chi connectivity index (χ4v) is 3.31. The molecule has 1 aliphatic heterocycles. The molecule has 0 aliphatic carbocycles. The number of amides is 1. The van der Waals surface area contributed by atoms with Gasteiger partial charge >= 0.3 is 0 Å². The van der Waals surface area contributed by atoms with Crippen molar-refractivity contribution in [3.63, 3.8) is 0 Å². The first kappa shape index (κ1) is 18.7. The van der Waals surface area contributed by atoms with E-state index in [1.54, 1.807) is 12.1 Å². The summed E-state index contributed by atoms with van der Waals surface area (Å²) in [7, 11) is 0. The molecule has 1 saturated heterocycles. The molecule has 1 unspecified atom stereocenters. The van der Waals surface area contributed by atoms with E-state index in [-0.39, 0.29) is 17.8 Å². The van der Waals surface area contributed by atoms with Crippen LogP contribution in [0, 0.1) is 5.82 Å². The van der Waals surface area contributed by atoms with Crippen molar-refractivity contribution in [2.75, 3.05) is 37.6 Å². The monoisotopic (exact) mass is 375 g/mol. The molecule has 1 amide bonds. The predicted molar refractivity (Wildman–Crippen MR) is 103 cm³/mol. The predicted octanol–water partition coefficient (Wildman–Crippen LogP) is 3.48. The molecule has 1 fully saturated rings. The van der Waals surface area contributed by atoms with Crippen molar-refractivity contribution in [2.24, 2.45) is 0 Å². The van der Waals surface area contributed by atoms with Gasteiger partial charge in [-0.25, -0.2) is 4.39 Å². The van der Waals surface area contributed by atoms with Gasteiger partial charge < -0.3 is 15.1 Å². The topological polar surface area (TPSA) is 35.6 Å². The number of carbonyl (C=O) groups is 1. The Morgan fingerprint density at radius 1 is 1.15 bits per heavy atom. The Morgan fingerprint density at radius 2 is 1.85 bits per heavy atom. The van der Waals surface area contributed by atoms with Crippen molar-refractivity contribution in [1.29, 1.82) is 0 Å². The lowest BCUT2D eigenvalue weighted by atomic mass is 10.1. The van der Waals surface area contributed by atoms with Crippen LogP contribution >= 0.6 is 11.6 Å². The first-order chi connectivity index (χ1) is 12.5. The van der Waals surface area contributed by atoms with Crippen LogP contribution < -0.4 is 10.2 Å². The maximum Gasteiger partial charge on any atom is 0.236 e. The van der Waals surface area contributed by atoms with E-state index in [0.29, 0.717) is 24.7 Å². The van der Waals surface area contributed by atoms with Gasteiger partial charge in [0, 0.05) is 42.9 Å². The molecule has 0 bridgehead atoms. The maximum absolute atomic E-state index is 13.0. The number of hydrogen-bond donors (Lipinski definition) is 1. The van der Waals surface area contributed by atoms with Crippen LogP contribution in [0.4, 0.5) is 10.1 Å². The van der Waals surface area contributed by atoms with Crippen LogP contribution in [0.5, 0.6) is 0 Å². The van der Waals surface area contributed by atoms with Crippen LogP contribution in [-0.4, -0.2) is 43.5 Å². The molecule has 26 heavy (non-hydrogen) atoms. The number of hydrogen-bond acceptors (Lipinski definition) is 3. The summed E-state index contributed by atoms with van der Waals surface area (Å²) in [5.41, 5.74) is 2.05. The summed E-state index contributed by atoms with van der Waals surface area (Å²) in [6.45, 7) is 5.16. The van der Waals surface area contributed by atoms with Gasteiger partial charge in [-0.05, 0) is 48.9 Å². The third-order valence-corrected chi connectivity index (χ3v) is 4.97. The Kier molecular flexibility index (Phi) is 6.12. The van der Waals surface area contributed by atoms with E-state index in [1.807, 2.05) is 36.1 Å². The van der Waals surface area contributed by atoms with E-state index >= 15 is 0 Å². The Labute approximate surface area is 158 Å². The molecule has 0 saturated carbocycles. The minimum atomic E-state index is -0.234. The molecular formula is C20H23ClFN3O. The Bertz CT molecular complexity index is 745.